The lowest BCUT2D eigenvalue weighted by molar-refractivity contribution is -0.142. The number of amides is 4. The van der Waals surface area contributed by atoms with Gasteiger partial charge in [-0.15, -0.1) is 0 Å². The highest BCUT2D eigenvalue weighted by molar-refractivity contribution is 5.95. The molecule has 0 heterocycles. The highest BCUT2D eigenvalue weighted by Gasteiger charge is 2.31. The molecule has 0 aromatic carbocycles. The van der Waals surface area contributed by atoms with E-state index < -0.39 is 65.8 Å². The van der Waals surface area contributed by atoms with Crippen molar-refractivity contribution >= 4 is 35.6 Å². The van der Waals surface area contributed by atoms with E-state index in [1.165, 1.54) is 0 Å². The molecular weight excluding hydrogens is 602 g/mol. The second kappa shape index (κ2) is 25.8. The Bertz CT molecular complexity index is 940. The monoisotopic (exact) mass is 659 g/mol. The summed E-state index contributed by atoms with van der Waals surface area (Å²) in [6.07, 6.45) is 4.40. The van der Waals surface area contributed by atoms with Crippen LogP contribution in [0.5, 0.6) is 0 Å². The predicted molar refractivity (Wildman–Crippen MR) is 172 cm³/mol. The topological polar surface area (TPSA) is 321 Å². The lowest BCUT2D eigenvalue weighted by atomic mass is 10.0. The molecule has 0 rings (SSSR count). The summed E-state index contributed by atoms with van der Waals surface area (Å²) >= 11 is 0. The molecule has 17 nitrogen and oxygen atoms in total. The number of unbranched alkanes of at least 4 members (excludes halogenated alkanes) is 4. The molecule has 46 heavy (non-hydrogen) atoms. The summed E-state index contributed by atoms with van der Waals surface area (Å²) in [5.41, 5.74) is 28.1. The Hall–Kier alpha value is -3.38. The second-order valence-electron chi connectivity index (χ2n) is 11.3. The Kier molecular flexibility index (Phi) is 23.9. The fourth-order valence-electron chi connectivity index (χ4n) is 4.54. The van der Waals surface area contributed by atoms with Crippen molar-refractivity contribution in [2.75, 3.05) is 26.2 Å². The summed E-state index contributed by atoms with van der Waals surface area (Å²) in [6.45, 7) is 1.44. The summed E-state index contributed by atoms with van der Waals surface area (Å²) in [4.78, 5) is 75.5. The third-order valence-corrected chi connectivity index (χ3v) is 7.31. The van der Waals surface area contributed by atoms with E-state index in [1.54, 1.807) is 0 Å². The summed E-state index contributed by atoms with van der Waals surface area (Å²) in [6, 6.07) is -5.64. The zero-order valence-corrected chi connectivity index (χ0v) is 26.8. The number of hydrogen-bond donors (Lipinski definition) is 11. The largest absolute Gasteiger partial charge is 0.481 e. The number of nitrogens with two attached hydrogens (primary N) is 5. The van der Waals surface area contributed by atoms with E-state index in [0.717, 1.165) is 0 Å². The Morgan fingerprint density at radius 1 is 0.457 bits per heavy atom. The third kappa shape index (κ3) is 19.2. The van der Waals surface area contributed by atoms with Crippen LogP contribution in [0.25, 0.3) is 0 Å². The first-order valence-electron chi connectivity index (χ1n) is 16.1. The van der Waals surface area contributed by atoms with Crippen LogP contribution in [0, 0.1) is 0 Å². The fourth-order valence-corrected chi connectivity index (χ4v) is 4.54. The maximum atomic E-state index is 13.5. The molecule has 0 aromatic rings. The van der Waals surface area contributed by atoms with E-state index in [-0.39, 0.29) is 38.5 Å². The van der Waals surface area contributed by atoms with Gasteiger partial charge in [-0.2, -0.15) is 0 Å². The van der Waals surface area contributed by atoms with Crippen LogP contribution in [0.3, 0.4) is 0 Å². The van der Waals surface area contributed by atoms with E-state index in [1.807, 2.05) is 0 Å². The Morgan fingerprint density at radius 2 is 0.761 bits per heavy atom. The van der Waals surface area contributed by atoms with Crippen molar-refractivity contribution in [3.8, 4) is 0 Å². The minimum atomic E-state index is -1.21. The highest BCUT2D eigenvalue weighted by atomic mass is 16.4. The molecule has 0 spiro atoms. The zero-order chi connectivity index (χ0) is 34.9. The molecule has 0 unspecified atom stereocenters. The number of carbonyl (C=O) groups excluding carboxylic acids is 4. The summed E-state index contributed by atoms with van der Waals surface area (Å²) in [5.74, 6) is -5.06. The number of carboxylic acid groups (broad SMARTS) is 2. The highest BCUT2D eigenvalue weighted by Crippen LogP contribution is 2.09. The molecule has 17 heteroatoms. The molecule has 0 bridgehead atoms. The van der Waals surface area contributed by atoms with Crippen LogP contribution in [0.15, 0.2) is 0 Å². The van der Waals surface area contributed by atoms with Crippen LogP contribution >= 0.6 is 0 Å². The van der Waals surface area contributed by atoms with Crippen molar-refractivity contribution in [2.45, 2.75) is 120 Å². The van der Waals surface area contributed by atoms with Crippen LogP contribution in [-0.2, 0) is 28.8 Å². The molecule has 0 aliphatic heterocycles. The van der Waals surface area contributed by atoms with Crippen LogP contribution in [0.1, 0.15) is 89.9 Å². The van der Waals surface area contributed by atoms with E-state index in [2.05, 4.69) is 21.3 Å². The minimum Gasteiger partial charge on any atom is -0.481 e. The molecule has 0 aromatic heterocycles. The second-order valence-corrected chi connectivity index (χ2v) is 11.3. The molecule has 0 aliphatic rings. The predicted octanol–water partition coefficient (Wildman–Crippen LogP) is -2.28. The molecule has 0 aliphatic carbocycles. The van der Waals surface area contributed by atoms with Crippen LogP contribution in [-0.4, -0.2) is 102 Å². The Labute approximate surface area is 270 Å². The first kappa shape index (κ1) is 42.6. The maximum absolute atomic E-state index is 13.5. The third-order valence-electron chi connectivity index (χ3n) is 7.31. The Morgan fingerprint density at radius 3 is 1.07 bits per heavy atom. The number of aliphatic carboxylic acids is 2. The van der Waals surface area contributed by atoms with Gasteiger partial charge in [0.1, 0.15) is 24.2 Å². The number of nitrogens with one attached hydrogen (secondary N) is 4. The normalized spacial score (nSPS) is 14.3. The van der Waals surface area contributed by atoms with Gasteiger partial charge < -0.3 is 60.1 Å². The molecule has 5 atom stereocenters. The molecule has 0 radical (unpaired) electrons. The molecule has 0 saturated heterocycles. The lowest BCUT2D eigenvalue weighted by Gasteiger charge is -2.26. The smallest absolute Gasteiger partial charge is 0.326 e. The van der Waals surface area contributed by atoms with Gasteiger partial charge in [0.05, 0.1) is 6.04 Å². The quantitative estimate of drug-likeness (QED) is 0.0395. The van der Waals surface area contributed by atoms with Crippen molar-refractivity contribution in [3.63, 3.8) is 0 Å². The number of rotatable bonds is 28. The van der Waals surface area contributed by atoms with Crippen molar-refractivity contribution < 1.29 is 39.0 Å². The van der Waals surface area contributed by atoms with Crippen molar-refractivity contribution in [1.29, 1.82) is 0 Å². The molecule has 0 fully saturated rings. The van der Waals surface area contributed by atoms with Crippen LogP contribution in [0.4, 0.5) is 0 Å². The van der Waals surface area contributed by atoms with Gasteiger partial charge >= 0.3 is 11.9 Å². The van der Waals surface area contributed by atoms with Crippen molar-refractivity contribution in [3.05, 3.63) is 0 Å². The number of carbonyl (C=O) groups is 6. The van der Waals surface area contributed by atoms with Gasteiger partial charge in [0.15, 0.2) is 0 Å². The summed E-state index contributed by atoms with van der Waals surface area (Å²) in [5, 5.41) is 28.9. The average molecular weight is 660 g/mol. The van der Waals surface area contributed by atoms with Crippen molar-refractivity contribution in [2.24, 2.45) is 28.7 Å². The van der Waals surface area contributed by atoms with E-state index in [4.69, 9.17) is 33.8 Å². The van der Waals surface area contributed by atoms with Gasteiger partial charge in [-0.3, -0.25) is 24.0 Å². The minimum absolute atomic E-state index is 0.133. The van der Waals surface area contributed by atoms with Gasteiger partial charge in [-0.25, -0.2) is 4.79 Å². The molecule has 4 amide bonds. The lowest BCUT2D eigenvalue weighted by Crippen LogP contribution is -2.58. The average Bonchev–Trinajstić information content (AvgIpc) is 3.01. The van der Waals surface area contributed by atoms with Crippen LogP contribution in [0.2, 0.25) is 0 Å². The summed E-state index contributed by atoms with van der Waals surface area (Å²) < 4.78 is 0. The Balaban J connectivity index is 5.91. The molecule has 266 valence electrons. The fraction of sp³-hybridized carbons (Fsp3) is 0.793. The molecule has 16 N–H and O–H groups in total. The van der Waals surface area contributed by atoms with Gasteiger partial charge in [0, 0.05) is 6.42 Å². The standard InChI is InChI=1S/C29H57N9O8/c30-15-5-1-9-20(35-25(41)19(34)13-14-24(39)40)26(42)36-21(10-2-6-16-31)27(43)37-22(11-3-7-17-32)28(44)38-23(29(45)46)12-4-8-18-33/h19-23H,1-18,30-34H2,(H,35,41)(H,36,42)(H,37,43)(H,38,44)(H,39,40)(H,45,46)/t19-,20-,21-,22-,23-/m0/s1. The van der Waals surface area contributed by atoms with E-state index >= 15 is 0 Å². The molecular formula is C29H57N9O8. The first-order chi connectivity index (χ1) is 21.9. The van der Waals surface area contributed by atoms with E-state index in [0.29, 0.717) is 77.5 Å². The first-order valence-corrected chi connectivity index (χ1v) is 16.1. The van der Waals surface area contributed by atoms with Crippen LogP contribution < -0.4 is 49.9 Å². The number of hydrogen-bond acceptors (Lipinski definition) is 11. The molecule has 0 saturated carbocycles. The van der Waals surface area contributed by atoms with Crippen molar-refractivity contribution in [1.82, 2.24) is 21.3 Å². The van der Waals surface area contributed by atoms with Gasteiger partial charge in [0.25, 0.3) is 0 Å². The van der Waals surface area contributed by atoms with Gasteiger partial charge in [0.2, 0.25) is 23.6 Å². The summed E-state index contributed by atoms with van der Waals surface area (Å²) in [7, 11) is 0. The number of carboxylic acids is 2. The zero-order valence-electron chi connectivity index (χ0n) is 26.8. The SMILES string of the molecule is NCCCC[C@H](NC(=O)[C@H](CCCCN)NC(=O)[C@H](CCCCN)NC(=O)[C@H](CCCCN)NC(=O)[C@@H](N)CCC(=O)O)C(=O)O. The maximum Gasteiger partial charge on any atom is 0.326 e. The van der Waals surface area contributed by atoms with E-state index in [9.17, 15) is 33.9 Å². The van der Waals surface area contributed by atoms with Gasteiger partial charge in [-0.05, 0) is 110 Å². The van der Waals surface area contributed by atoms with Gasteiger partial charge in [-0.1, -0.05) is 0 Å².